The lowest BCUT2D eigenvalue weighted by Crippen LogP contribution is -2.06. The number of benzene rings is 1. The number of ether oxygens (including phenoxy) is 1. The van der Waals surface area contributed by atoms with E-state index < -0.39 is 5.97 Å². The van der Waals surface area contributed by atoms with E-state index in [1.807, 2.05) is 12.1 Å². The Labute approximate surface area is 115 Å². The molecule has 19 heavy (non-hydrogen) atoms. The largest absolute Gasteiger partial charge is 0.492 e. The van der Waals surface area contributed by atoms with Gasteiger partial charge in [-0.25, -0.2) is 4.79 Å². The molecular weight excluding hydrogens is 266 g/mol. The Bertz CT molecular complexity index is 572. The van der Waals surface area contributed by atoms with Gasteiger partial charge in [-0.05, 0) is 29.8 Å². The van der Waals surface area contributed by atoms with Gasteiger partial charge in [-0.3, -0.25) is 4.98 Å². The number of hydrogen-bond donors (Lipinski definition) is 1. The fourth-order valence-electron chi connectivity index (χ4n) is 1.62. The maximum Gasteiger partial charge on any atom is 0.339 e. The van der Waals surface area contributed by atoms with Crippen molar-refractivity contribution in [2.24, 2.45) is 0 Å². The van der Waals surface area contributed by atoms with E-state index in [0.717, 1.165) is 5.56 Å². The highest BCUT2D eigenvalue weighted by atomic mass is 35.5. The average molecular weight is 278 g/mol. The molecule has 1 N–H and O–H groups in total. The van der Waals surface area contributed by atoms with Crippen LogP contribution in [0.5, 0.6) is 5.75 Å². The molecule has 0 aliphatic heterocycles. The van der Waals surface area contributed by atoms with Crippen molar-refractivity contribution in [3.63, 3.8) is 0 Å². The zero-order valence-electron chi connectivity index (χ0n) is 10.0. The summed E-state index contributed by atoms with van der Waals surface area (Å²) in [6, 6.07) is 8.25. The Morgan fingerprint density at radius 2 is 2.21 bits per heavy atom. The molecule has 2 rings (SSSR count). The highest BCUT2D eigenvalue weighted by molar-refractivity contribution is 6.30. The summed E-state index contributed by atoms with van der Waals surface area (Å²) in [7, 11) is 0. The van der Waals surface area contributed by atoms with Crippen LogP contribution < -0.4 is 4.74 Å². The van der Waals surface area contributed by atoms with Crippen molar-refractivity contribution in [3.8, 4) is 5.75 Å². The highest BCUT2D eigenvalue weighted by Crippen LogP contribution is 2.23. The number of aromatic nitrogens is 1. The number of carbonyl (C=O) groups is 1. The Hall–Kier alpha value is -2.07. The molecule has 0 spiro atoms. The standard InChI is InChI=1S/C14H12ClNO3/c15-11-3-4-12(14(17)18)13(8-11)19-7-5-10-2-1-6-16-9-10/h1-4,6,8-9H,5,7H2,(H,17,18). The van der Waals surface area contributed by atoms with Crippen molar-refractivity contribution in [1.82, 2.24) is 4.98 Å². The van der Waals surface area contributed by atoms with Gasteiger partial charge in [-0.1, -0.05) is 17.7 Å². The molecule has 4 nitrogen and oxygen atoms in total. The maximum atomic E-state index is 11.0. The number of pyridine rings is 1. The lowest BCUT2D eigenvalue weighted by Gasteiger charge is -2.09. The van der Waals surface area contributed by atoms with Gasteiger partial charge in [0.2, 0.25) is 0 Å². The van der Waals surface area contributed by atoms with Crippen LogP contribution >= 0.6 is 11.6 Å². The Balaban J connectivity index is 2.03. The lowest BCUT2D eigenvalue weighted by molar-refractivity contribution is 0.0692. The first kappa shape index (κ1) is 13.4. The van der Waals surface area contributed by atoms with Crippen molar-refractivity contribution >= 4 is 17.6 Å². The second-order valence-electron chi connectivity index (χ2n) is 3.91. The summed E-state index contributed by atoms with van der Waals surface area (Å²) in [5, 5.41) is 9.49. The molecule has 0 aliphatic carbocycles. The summed E-state index contributed by atoms with van der Waals surface area (Å²) in [5.41, 5.74) is 1.14. The molecule has 0 radical (unpaired) electrons. The fourth-order valence-corrected chi connectivity index (χ4v) is 1.78. The first-order valence-electron chi connectivity index (χ1n) is 5.71. The molecular formula is C14H12ClNO3. The van der Waals surface area contributed by atoms with Crippen LogP contribution in [0.25, 0.3) is 0 Å². The summed E-state index contributed by atoms with van der Waals surface area (Å²) in [5.74, 6) is -0.753. The molecule has 1 aromatic heterocycles. The van der Waals surface area contributed by atoms with Crippen LogP contribution in [0.1, 0.15) is 15.9 Å². The monoisotopic (exact) mass is 277 g/mol. The minimum absolute atomic E-state index is 0.107. The Kier molecular flexibility index (Phi) is 4.36. The third-order valence-corrected chi connectivity index (χ3v) is 2.78. The third kappa shape index (κ3) is 3.69. The van der Waals surface area contributed by atoms with Gasteiger partial charge in [0, 0.05) is 23.8 Å². The molecule has 0 bridgehead atoms. The van der Waals surface area contributed by atoms with Crippen LogP contribution in [0.3, 0.4) is 0 Å². The zero-order chi connectivity index (χ0) is 13.7. The van der Waals surface area contributed by atoms with Crippen molar-refractivity contribution < 1.29 is 14.6 Å². The number of aromatic carboxylic acids is 1. The van der Waals surface area contributed by atoms with Crippen LogP contribution in [0, 0.1) is 0 Å². The van der Waals surface area contributed by atoms with Crippen LogP contribution in [-0.2, 0) is 6.42 Å². The number of halogens is 1. The normalized spacial score (nSPS) is 10.2. The van der Waals surface area contributed by atoms with Gasteiger partial charge in [0.05, 0.1) is 6.61 Å². The summed E-state index contributed by atoms with van der Waals surface area (Å²) in [4.78, 5) is 15.0. The van der Waals surface area contributed by atoms with E-state index in [9.17, 15) is 4.79 Å². The predicted octanol–water partition coefficient (Wildman–Crippen LogP) is 3.05. The zero-order valence-corrected chi connectivity index (χ0v) is 10.8. The lowest BCUT2D eigenvalue weighted by atomic mass is 10.2. The van der Waals surface area contributed by atoms with Gasteiger partial charge in [-0.15, -0.1) is 0 Å². The van der Waals surface area contributed by atoms with Crippen LogP contribution in [-0.4, -0.2) is 22.7 Å². The number of hydrogen-bond acceptors (Lipinski definition) is 3. The summed E-state index contributed by atoms with van der Waals surface area (Å²) < 4.78 is 5.49. The maximum absolute atomic E-state index is 11.0. The Morgan fingerprint density at radius 1 is 1.37 bits per heavy atom. The predicted molar refractivity (Wildman–Crippen MR) is 71.8 cm³/mol. The minimum atomic E-state index is -1.03. The SMILES string of the molecule is O=C(O)c1ccc(Cl)cc1OCCc1cccnc1. The summed E-state index contributed by atoms with van der Waals surface area (Å²) in [6.45, 7) is 0.367. The summed E-state index contributed by atoms with van der Waals surface area (Å²) >= 11 is 5.83. The molecule has 0 unspecified atom stereocenters. The number of carboxylic acid groups (broad SMARTS) is 1. The van der Waals surface area contributed by atoms with Crippen LogP contribution in [0.15, 0.2) is 42.7 Å². The Morgan fingerprint density at radius 3 is 2.89 bits per heavy atom. The molecule has 2 aromatic rings. The van der Waals surface area contributed by atoms with E-state index >= 15 is 0 Å². The van der Waals surface area contributed by atoms with E-state index in [0.29, 0.717) is 18.1 Å². The first-order chi connectivity index (χ1) is 9.16. The van der Waals surface area contributed by atoms with Gasteiger partial charge in [0.1, 0.15) is 11.3 Å². The summed E-state index contributed by atoms with van der Waals surface area (Å²) in [6.07, 6.45) is 4.10. The van der Waals surface area contributed by atoms with Crippen molar-refractivity contribution in [2.45, 2.75) is 6.42 Å². The molecule has 0 saturated heterocycles. The van der Waals surface area contributed by atoms with Crippen molar-refractivity contribution in [3.05, 3.63) is 58.9 Å². The molecule has 5 heteroatoms. The second-order valence-corrected chi connectivity index (χ2v) is 4.34. The van der Waals surface area contributed by atoms with Crippen molar-refractivity contribution in [1.29, 1.82) is 0 Å². The number of carboxylic acids is 1. The molecule has 0 atom stereocenters. The molecule has 0 saturated carbocycles. The third-order valence-electron chi connectivity index (χ3n) is 2.55. The quantitative estimate of drug-likeness (QED) is 0.912. The molecule has 98 valence electrons. The number of rotatable bonds is 5. The van der Waals surface area contributed by atoms with Gasteiger partial charge in [0.25, 0.3) is 0 Å². The van der Waals surface area contributed by atoms with E-state index in [1.165, 1.54) is 18.2 Å². The number of nitrogens with zero attached hydrogens (tertiary/aromatic N) is 1. The van der Waals surface area contributed by atoms with E-state index in [1.54, 1.807) is 12.4 Å². The van der Waals surface area contributed by atoms with Crippen molar-refractivity contribution in [2.75, 3.05) is 6.61 Å². The topological polar surface area (TPSA) is 59.4 Å². The van der Waals surface area contributed by atoms with Crippen LogP contribution in [0.2, 0.25) is 5.02 Å². The average Bonchev–Trinajstić information content (AvgIpc) is 2.39. The smallest absolute Gasteiger partial charge is 0.339 e. The van der Waals surface area contributed by atoms with Gasteiger partial charge < -0.3 is 9.84 Å². The highest BCUT2D eigenvalue weighted by Gasteiger charge is 2.11. The van der Waals surface area contributed by atoms with Gasteiger partial charge >= 0.3 is 5.97 Å². The molecule has 0 aliphatic rings. The molecule has 0 amide bonds. The first-order valence-corrected chi connectivity index (χ1v) is 6.09. The second kappa shape index (κ2) is 6.20. The van der Waals surface area contributed by atoms with E-state index in [4.69, 9.17) is 21.4 Å². The van der Waals surface area contributed by atoms with Crippen LogP contribution in [0.4, 0.5) is 0 Å². The van der Waals surface area contributed by atoms with E-state index in [-0.39, 0.29) is 11.3 Å². The fraction of sp³-hybridized carbons (Fsp3) is 0.143. The molecule has 0 fully saturated rings. The van der Waals surface area contributed by atoms with Gasteiger partial charge in [0.15, 0.2) is 0 Å². The van der Waals surface area contributed by atoms with Gasteiger partial charge in [-0.2, -0.15) is 0 Å². The molecule has 1 aromatic carbocycles. The van der Waals surface area contributed by atoms with E-state index in [2.05, 4.69) is 4.98 Å². The molecule has 1 heterocycles. The minimum Gasteiger partial charge on any atom is -0.492 e.